The van der Waals surface area contributed by atoms with E-state index in [1.807, 2.05) is 0 Å². The second kappa shape index (κ2) is 13.8. The summed E-state index contributed by atoms with van der Waals surface area (Å²) in [5.74, 6) is -2.26. The largest absolute Gasteiger partial charge is 0.469 e. The molecule has 0 spiro atoms. The molecule has 5 aliphatic rings. The zero-order valence-electron chi connectivity index (χ0n) is 23.7. The van der Waals surface area contributed by atoms with E-state index < -0.39 is 29.0 Å². The van der Waals surface area contributed by atoms with Gasteiger partial charge < -0.3 is 34.7 Å². The van der Waals surface area contributed by atoms with E-state index in [1.165, 1.54) is 14.2 Å². The SMILES string of the molecule is COC(=O)C1CC(OCC(=O)NC23CCC(NC(=O)COC4CCC(Cl)C(C(=O)OC)C4)(CC2)[C@@H](O)C3)CCC1Cl. The standard InChI is InChI=1S/C28H42Cl2N2O9/c1-38-25(36)18-11-16(3-5-20(18)29)40-14-23(34)31-27-7-9-28(10-8-27,22(33)13-27)32-24(35)15-41-17-4-6-21(30)19(12-17)26(37)39-2/h16-22,33H,3-15H2,1-2H3,(H,31,34)(H,32,35)/t16?,17?,18?,19?,20?,21?,22-,27?,28?/m0/s1. The summed E-state index contributed by atoms with van der Waals surface area (Å²) in [5.41, 5.74) is -1.33. The molecule has 5 fully saturated rings. The van der Waals surface area contributed by atoms with Gasteiger partial charge in [-0.05, 0) is 70.6 Å². The van der Waals surface area contributed by atoms with Crippen molar-refractivity contribution < 1.29 is 43.2 Å². The lowest BCUT2D eigenvalue weighted by Gasteiger charge is -2.56. The average molecular weight is 622 g/mol. The number of hydrogen-bond donors (Lipinski definition) is 3. The molecule has 7 atom stereocenters. The maximum atomic E-state index is 12.8. The molecule has 0 aliphatic heterocycles. The average Bonchev–Trinajstić information content (AvgIpc) is 2.96. The topological polar surface area (TPSA) is 149 Å². The van der Waals surface area contributed by atoms with Gasteiger partial charge in [-0.25, -0.2) is 0 Å². The van der Waals surface area contributed by atoms with Gasteiger partial charge in [0, 0.05) is 16.3 Å². The first kappa shape index (κ1) is 32.3. The third-order valence-electron chi connectivity index (χ3n) is 9.46. The number of nitrogens with one attached hydrogen (secondary N) is 2. The Hall–Kier alpha value is -1.66. The van der Waals surface area contributed by atoms with Gasteiger partial charge in [0.15, 0.2) is 0 Å². The molecule has 0 aromatic carbocycles. The van der Waals surface area contributed by atoms with Crippen LogP contribution in [-0.2, 0) is 38.1 Å². The van der Waals surface area contributed by atoms with Gasteiger partial charge in [-0.3, -0.25) is 19.2 Å². The molecular formula is C28H42Cl2N2O9. The Labute approximate surface area is 250 Å². The Morgan fingerprint density at radius 1 is 0.756 bits per heavy atom. The molecule has 5 aliphatic carbocycles. The van der Waals surface area contributed by atoms with E-state index in [9.17, 15) is 24.3 Å². The van der Waals surface area contributed by atoms with Gasteiger partial charge >= 0.3 is 11.9 Å². The highest BCUT2D eigenvalue weighted by Gasteiger charge is 2.55. The van der Waals surface area contributed by atoms with Crippen molar-refractivity contribution in [3.05, 3.63) is 0 Å². The van der Waals surface area contributed by atoms with Crippen molar-refractivity contribution in [3.8, 4) is 0 Å². The molecule has 5 rings (SSSR count). The van der Waals surface area contributed by atoms with Crippen LogP contribution in [0.4, 0.5) is 0 Å². The number of halogens is 2. The van der Waals surface area contributed by atoms with Gasteiger partial charge in [-0.15, -0.1) is 23.2 Å². The van der Waals surface area contributed by atoms with Crippen LogP contribution < -0.4 is 10.6 Å². The van der Waals surface area contributed by atoms with Gasteiger partial charge in [-0.1, -0.05) is 0 Å². The number of esters is 2. The number of amides is 2. The second-order valence-corrected chi connectivity index (χ2v) is 13.2. The number of methoxy groups -OCH3 is 2. The third kappa shape index (κ3) is 7.65. The molecule has 3 N–H and O–H groups in total. The first-order valence-corrected chi connectivity index (χ1v) is 15.3. The number of hydrogen-bond acceptors (Lipinski definition) is 9. The Bertz CT molecular complexity index is 974. The lowest BCUT2D eigenvalue weighted by atomic mass is 9.60. The summed E-state index contributed by atoms with van der Waals surface area (Å²) in [6.45, 7) is -0.327. The van der Waals surface area contributed by atoms with E-state index in [2.05, 4.69) is 10.6 Å². The van der Waals surface area contributed by atoms with Crippen LogP contribution in [-0.4, -0.2) is 96.4 Å². The van der Waals surface area contributed by atoms with Crippen molar-refractivity contribution in [2.45, 2.75) is 111 Å². The van der Waals surface area contributed by atoms with Crippen LogP contribution in [0.3, 0.4) is 0 Å². The Balaban J connectivity index is 1.21. The molecule has 0 saturated heterocycles. The number of aliphatic hydroxyl groups excluding tert-OH is 1. The molecule has 0 aromatic rings. The molecule has 13 heteroatoms. The molecule has 2 amide bonds. The first-order chi connectivity index (χ1) is 19.5. The van der Waals surface area contributed by atoms with E-state index in [-0.39, 0.29) is 59.9 Å². The van der Waals surface area contributed by atoms with E-state index in [0.29, 0.717) is 70.6 Å². The van der Waals surface area contributed by atoms with Crippen LogP contribution in [0.1, 0.15) is 70.6 Å². The highest BCUT2D eigenvalue weighted by Crippen LogP contribution is 2.47. The number of ether oxygens (including phenoxy) is 4. The van der Waals surface area contributed by atoms with Crippen molar-refractivity contribution in [2.75, 3.05) is 27.4 Å². The van der Waals surface area contributed by atoms with Crippen molar-refractivity contribution in [1.82, 2.24) is 10.6 Å². The molecule has 0 aromatic heterocycles. The highest BCUT2D eigenvalue weighted by molar-refractivity contribution is 6.22. The summed E-state index contributed by atoms with van der Waals surface area (Å²) in [5, 5.41) is 16.5. The van der Waals surface area contributed by atoms with Crippen molar-refractivity contribution in [1.29, 1.82) is 0 Å². The van der Waals surface area contributed by atoms with Crippen molar-refractivity contribution >= 4 is 47.0 Å². The van der Waals surface area contributed by atoms with E-state index >= 15 is 0 Å². The Kier molecular flexibility index (Phi) is 10.8. The third-order valence-corrected chi connectivity index (χ3v) is 10.5. The van der Waals surface area contributed by atoms with Crippen molar-refractivity contribution in [2.24, 2.45) is 11.8 Å². The van der Waals surface area contributed by atoms with Gasteiger partial charge in [0.05, 0.1) is 49.9 Å². The van der Waals surface area contributed by atoms with Crippen LogP contribution in [0, 0.1) is 11.8 Å². The summed E-state index contributed by atoms with van der Waals surface area (Å²) < 4.78 is 21.3. The number of carbonyl (C=O) groups excluding carboxylic acids is 4. The smallest absolute Gasteiger partial charge is 0.310 e. The van der Waals surface area contributed by atoms with Crippen molar-refractivity contribution in [3.63, 3.8) is 0 Å². The predicted octanol–water partition coefficient (Wildman–Crippen LogP) is 1.97. The van der Waals surface area contributed by atoms with Crippen LogP contribution in [0.25, 0.3) is 0 Å². The molecule has 5 saturated carbocycles. The second-order valence-electron chi connectivity index (χ2n) is 12.0. The zero-order valence-corrected chi connectivity index (χ0v) is 25.2. The zero-order chi connectivity index (χ0) is 29.8. The summed E-state index contributed by atoms with van der Waals surface area (Å²) >= 11 is 12.6. The molecule has 41 heavy (non-hydrogen) atoms. The fraction of sp³-hybridized carbons (Fsp3) is 0.857. The maximum absolute atomic E-state index is 12.8. The van der Waals surface area contributed by atoms with Crippen LogP contribution in [0.2, 0.25) is 0 Å². The van der Waals surface area contributed by atoms with Gasteiger partial charge in [0.2, 0.25) is 11.8 Å². The minimum Gasteiger partial charge on any atom is -0.469 e. The first-order valence-electron chi connectivity index (χ1n) is 14.5. The predicted molar refractivity (Wildman–Crippen MR) is 148 cm³/mol. The fourth-order valence-corrected chi connectivity index (χ4v) is 7.64. The Morgan fingerprint density at radius 3 is 1.66 bits per heavy atom. The normalized spacial score (nSPS) is 38.5. The minimum atomic E-state index is -0.828. The quantitative estimate of drug-likeness (QED) is 0.246. The fourth-order valence-electron chi connectivity index (χ4n) is 6.98. The summed E-state index contributed by atoms with van der Waals surface area (Å²) in [6.07, 6.45) is 4.51. The monoisotopic (exact) mass is 620 g/mol. The molecule has 0 radical (unpaired) electrons. The number of rotatable bonds is 10. The van der Waals surface area contributed by atoms with Crippen LogP contribution in [0.5, 0.6) is 0 Å². The van der Waals surface area contributed by atoms with E-state index in [0.717, 1.165) is 0 Å². The molecule has 11 nitrogen and oxygen atoms in total. The molecule has 2 bridgehead atoms. The Morgan fingerprint density at radius 2 is 1.22 bits per heavy atom. The molecule has 232 valence electrons. The summed E-state index contributed by atoms with van der Waals surface area (Å²) in [4.78, 5) is 49.6. The van der Waals surface area contributed by atoms with Crippen LogP contribution >= 0.6 is 23.2 Å². The maximum Gasteiger partial charge on any atom is 0.310 e. The summed E-state index contributed by atoms with van der Waals surface area (Å²) in [6, 6.07) is 0. The van der Waals surface area contributed by atoms with E-state index in [1.54, 1.807) is 0 Å². The van der Waals surface area contributed by atoms with Gasteiger partial charge in [-0.2, -0.15) is 0 Å². The van der Waals surface area contributed by atoms with Gasteiger partial charge in [0.25, 0.3) is 0 Å². The number of carbonyl (C=O) groups is 4. The molecular weight excluding hydrogens is 579 g/mol. The lowest BCUT2D eigenvalue weighted by Crippen LogP contribution is -2.70. The van der Waals surface area contributed by atoms with Gasteiger partial charge in [0.1, 0.15) is 13.2 Å². The number of alkyl halides is 2. The summed E-state index contributed by atoms with van der Waals surface area (Å²) in [7, 11) is 2.66. The number of aliphatic hydroxyl groups is 1. The van der Waals surface area contributed by atoms with E-state index in [4.69, 9.17) is 42.1 Å². The van der Waals surface area contributed by atoms with Crippen LogP contribution in [0.15, 0.2) is 0 Å². The molecule has 0 heterocycles. The highest BCUT2D eigenvalue weighted by atomic mass is 35.5. The lowest BCUT2D eigenvalue weighted by molar-refractivity contribution is -0.150. The minimum absolute atomic E-state index is 0.148. The number of fused-ring (bicyclic) bond motifs is 3. The molecule has 6 unspecified atom stereocenters.